The molecular weight excluding hydrogens is 314 g/mol. The minimum Gasteiger partial charge on any atom is -0.399 e. The van der Waals surface area contributed by atoms with Crippen molar-refractivity contribution in [1.29, 1.82) is 0 Å². The van der Waals surface area contributed by atoms with Gasteiger partial charge in [0.05, 0.1) is 17.0 Å². The Morgan fingerprint density at radius 2 is 1.87 bits per heavy atom. The molecule has 0 aliphatic carbocycles. The van der Waals surface area contributed by atoms with Gasteiger partial charge in [-0.15, -0.1) is 0 Å². The summed E-state index contributed by atoms with van der Waals surface area (Å²) in [6.45, 7) is 0. The average molecular weight is 326 g/mol. The number of anilines is 2. The third kappa shape index (κ3) is 2.09. The Balaban J connectivity index is 1.95. The van der Waals surface area contributed by atoms with Crippen molar-refractivity contribution >= 4 is 40.2 Å². The standard InChI is InChI=1S/C17H12ClN3O2/c1-23-21-15-11-4-2-3-5-12(11)19-16(15)14-10-7-6-9(18)8-13(10)20-17(14)22/h2-8,19H,1H3,(H,20,22)/b16-14-,21-15+. The van der Waals surface area contributed by atoms with E-state index in [1.54, 1.807) is 12.1 Å². The normalized spacial score (nSPS) is 20.1. The second-order valence-electron chi connectivity index (χ2n) is 5.19. The number of carbonyl (C=O) groups is 1. The number of halogens is 1. The maximum Gasteiger partial charge on any atom is 0.258 e. The molecule has 0 fully saturated rings. The van der Waals surface area contributed by atoms with E-state index < -0.39 is 0 Å². The number of hydrogen-bond donors (Lipinski definition) is 2. The van der Waals surface area contributed by atoms with Crippen LogP contribution in [0.4, 0.5) is 11.4 Å². The lowest BCUT2D eigenvalue weighted by Gasteiger charge is -2.05. The van der Waals surface area contributed by atoms with Crippen LogP contribution in [-0.4, -0.2) is 18.7 Å². The number of hydrogen-bond acceptors (Lipinski definition) is 4. The molecule has 1 amide bonds. The summed E-state index contributed by atoms with van der Waals surface area (Å²) in [4.78, 5) is 17.5. The first kappa shape index (κ1) is 13.8. The quantitative estimate of drug-likeness (QED) is 0.623. The smallest absolute Gasteiger partial charge is 0.258 e. The van der Waals surface area contributed by atoms with Crippen LogP contribution < -0.4 is 10.6 Å². The summed E-state index contributed by atoms with van der Waals surface area (Å²) in [6.07, 6.45) is 0. The molecule has 0 atom stereocenters. The van der Waals surface area contributed by atoms with Crippen molar-refractivity contribution in [3.8, 4) is 0 Å². The van der Waals surface area contributed by atoms with Crippen LogP contribution in [-0.2, 0) is 9.63 Å². The van der Waals surface area contributed by atoms with Crippen LogP contribution >= 0.6 is 11.6 Å². The number of allylic oxidation sites excluding steroid dienone is 1. The van der Waals surface area contributed by atoms with E-state index in [2.05, 4.69) is 15.8 Å². The maximum absolute atomic E-state index is 12.5. The lowest BCUT2D eigenvalue weighted by Crippen LogP contribution is -2.12. The van der Waals surface area contributed by atoms with Crippen LogP contribution in [0.3, 0.4) is 0 Å². The fraction of sp³-hybridized carbons (Fsp3) is 0.0588. The van der Waals surface area contributed by atoms with Crippen LogP contribution in [0.5, 0.6) is 0 Å². The molecule has 6 heteroatoms. The number of para-hydroxylation sites is 1. The molecule has 2 heterocycles. The number of nitrogens with zero attached hydrogens (tertiary/aromatic N) is 1. The van der Waals surface area contributed by atoms with Gasteiger partial charge in [0.1, 0.15) is 12.8 Å². The van der Waals surface area contributed by atoms with E-state index in [0.717, 1.165) is 16.8 Å². The largest absolute Gasteiger partial charge is 0.399 e. The first-order valence-corrected chi connectivity index (χ1v) is 7.40. The predicted octanol–water partition coefficient (Wildman–Crippen LogP) is 3.48. The van der Waals surface area contributed by atoms with Gasteiger partial charge in [-0.2, -0.15) is 0 Å². The predicted molar refractivity (Wildman–Crippen MR) is 90.6 cm³/mol. The lowest BCUT2D eigenvalue weighted by atomic mass is 10.0. The molecule has 2 N–H and O–H groups in total. The zero-order chi connectivity index (χ0) is 16.0. The monoisotopic (exact) mass is 325 g/mol. The Morgan fingerprint density at radius 3 is 2.70 bits per heavy atom. The van der Waals surface area contributed by atoms with Crippen molar-refractivity contribution in [2.24, 2.45) is 5.16 Å². The summed E-state index contributed by atoms with van der Waals surface area (Å²) < 4.78 is 0. The van der Waals surface area contributed by atoms with Gasteiger partial charge in [-0.3, -0.25) is 4.79 Å². The second-order valence-corrected chi connectivity index (χ2v) is 5.62. The van der Waals surface area contributed by atoms with Crippen LogP contribution in [0.2, 0.25) is 5.02 Å². The van der Waals surface area contributed by atoms with Crippen LogP contribution in [0, 0.1) is 0 Å². The van der Waals surface area contributed by atoms with Crippen molar-refractivity contribution < 1.29 is 9.63 Å². The molecule has 2 aromatic carbocycles. The van der Waals surface area contributed by atoms with Crippen molar-refractivity contribution in [3.05, 3.63) is 64.3 Å². The Bertz CT molecular complexity index is 902. The number of rotatable bonds is 1. The molecule has 0 aromatic heterocycles. The third-order valence-corrected chi connectivity index (χ3v) is 4.07. The number of nitrogens with one attached hydrogen (secondary N) is 2. The van der Waals surface area contributed by atoms with E-state index in [4.69, 9.17) is 16.4 Å². The molecule has 2 aliphatic rings. The number of carbonyl (C=O) groups excluding carboxylic acids is 1. The van der Waals surface area contributed by atoms with Gasteiger partial charge < -0.3 is 15.5 Å². The molecular formula is C17H12ClN3O2. The zero-order valence-electron chi connectivity index (χ0n) is 12.2. The van der Waals surface area contributed by atoms with Gasteiger partial charge in [-0.05, 0) is 18.2 Å². The molecule has 5 nitrogen and oxygen atoms in total. The van der Waals surface area contributed by atoms with Gasteiger partial charge in [0.15, 0.2) is 0 Å². The van der Waals surface area contributed by atoms with Gasteiger partial charge in [-0.1, -0.05) is 41.0 Å². The van der Waals surface area contributed by atoms with Gasteiger partial charge >= 0.3 is 0 Å². The third-order valence-electron chi connectivity index (χ3n) is 3.84. The number of fused-ring (bicyclic) bond motifs is 2. The minimum atomic E-state index is -0.193. The van der Waals surface area contributed by atoms with Crippen LogP contribution in [0.1, 0.15) is 11.1 Å². The average Bonchev–Trinajstić information content (AvgIpc) is 3.04. The molecule has 0 spiro atoms. The first-order chi connectivity index (χ1) is 11.2. The molecule has 2 aromatic rings. The van der Waals surface area contributed by atoms with E-state index in [0.29, 0.717) is 27.7 Å². The number of benzene rings is 2. The Morgan fingerprint density at radius 1 is 1.04 bits per heavy atom. The van der Waals surface area contributed by atoms with Gasteiger partial charge in [0, 0.05) is 21.8 Å². The van der Waals surface area contributed by atoms with E-state index in [-0.39, 0.29) is 5.91 Å². The molecule has 23 heavy (non-hydrogen) atoms. The maximum atomic E-state index is 12.5. The molecule has 0 radical (unpaired) electrons. The minimum absolute atomic E-state index is 0.193. The molecule has 114 valence electrons. The fourth-order valence-electron chi connectivity index (χ4n) is 2.89. The highest BCUT2D eigenvalue weighted by Gasteiger charge is 2.34. The van der Waals surface area contributed by atoms with Gasteiger partial charge in [0.2, 0.25) is 0 Å². The summed E-state index contributed by atoms with van der Waals surface area (Å²) >= 11 is 6.00. The fourth-order valence-corrected chi connectivity index (χ4v) is 3.06. The topological polar surface area (TPSA) is 62.7 Å². The van der Waals surface area contributed by atoms with E-state index in [9.17, 15) is 4.79 Å². The van der Waals surface area contributed by atoms with E-state index in [1.165, 1.54) is 7.11 Å². The molecule has 2 aliphatic heterocycles. The molecule has 0 saturated carbocycles. The van der Waals surface area contributed by atoms with Crippen molar-refractivity contribution in [2.45, 2.75) is 0 Å². The van der Waals surface area contributed by atoms with Crippen molar-refractivity contribution in [3.63, 3.8) is 0 Å². The molecule has 0 unspecified atom stereocenters. The second kappa shape index (κ2) is 5.14. The number of amides is 1. The summed E-state index contributed by atoms with van der Waals surface area (Å²) in [5, 5.41) is 10.8. The lowest BCUT2D eigenvalue weighted by molar-refractivity contribution is -0.110. The van der Waals surface area contributed by atoms with Gasteiger partial charge in [-0.25, -0.2) is 0 Å². The van der Waals surface area contributed by atoms with Crippen molar-refractivity contribution in [2.75, 3.05) is 17.7 Å². The highest BCUT2D eigenvalue weighted by atomic mass is 35.5. The first-order valence-electron chi connectivity index (χ1n) is 7.02. The highest BCUT2D eigenvalue weighted by molar-refractivity contribution is 6.40. The summed E-state index contributed by atoms with van der Waals surface area (Å²) in [5.74, 6) is -0.193. The van der Waals surface area contributed by atoms with E-state index in [1.807, 2.05) is 30.3 Å². The van der Waals surface area contributed by atoms with Crippen LogP contribution in [0.15, 0.2) is 53.3 Å². The summed E-state index contributed by atoms with van der Waals surface area (Å²) in [5.41, 5.74) is 5.04. The SMILES string of the molecule is CO/N=C1/C(=C2/C(=O)Nc3cc(Cl)ccc32)Nc2ccccc21. The van der Waals surface area contributed by atoms with Crippen LogP contribution in [0.25, 0.3) is 5.57 Å². The molecule has 0 bridgehead atoms. The number of oxime groups is 1. The molecule has 4 rings (SSSR count). The Hall–Kier alpha value is -2.79. The summed E-state index contributed by atoms with van der Waals surface area (Å²) in [7, 11) is 1.48. The highest BCUT2D eigenvalue weighted by Crippen LogP contribution is 2.39. The van der Waals surface area contributed by atoms with Crippen molar-refractivity contribution in [1.82, 2.24) is 0 Å². The zero-order valence-corrected chi connectivity index (χ0v) is 12.9. The summed E-state index contributed by atoms with van der Waals surface area (Å²) in [6, 6.07) is 13.0. The Kier molecular flexibility index (Phi) is 3.09. The Labute approximate surface area is 137 Å². The molecule has 0 saturated heterocycles. The van der Waals surface area contributed by atoms with E-state index >= 15 is 0 Å². The van der Waals surface area contributed by atoms with Gasteiger partial charge in [0.25, 0.3) is 5.91 Å².